The average molecular weight is 440 g/mol. The molecule has 1 aromatic carbocycles. The number of carbonyl (C=O) groups excluding carboxylic acids is 3. The van der Waals surface area contributed by atoms with Gasteiger partial charge in [0.15, 0.2) is 5.54 Å². The molecule has 156 valence electrons. The zero-order valence-corrected chi connectivity index (χ0v) is 17.7. The van der Waals surface area contributed by atoms with E-state index in [4.69, 9.17) is 27.9 Å². The minimum Gasteiger partial charge on any atom is -0.469 e. The Balaban J connectivity index is 1.76. The molecule has 2 N–H and O–H groups in total. The zero-order chi connectivity index (χ0) is 21.2. The molecule has 9 heteroatoms. The number of benzene rings is 1. The summed E-state index contributed by atoms with van der Waals surface area (Å²) in [6, 6.07) is 4.37. The van der Waals surface area contributed by atoms with E-state index in [9.17, 15) is 14.4 Å². The van der Waals surface area contributed by atoms with E-state index in [0.29, 0.717) is 41.5 Å². The molecule has 2 amide bonds. The summed E-state index contributed by atoms with van der Waals surface area (Å²) < 4.78 is 4.75. The van der Waals surface area contributed by atoms with E-state index in [1.54, 1.807) is 42.3 Å². The number of esters is 1. The first-order chi connectivity index (χ1) is 13.8. The number of halogens is 2. The van der Waals surface area contributed by atoms with Crippen LogP contribution in [0.15, 0.2) is 30.4 Å². The number of ether oxygens (including phenoxy) is 1. The van der Waals surface area contributed by atoms with E-state index >= 15 is 0 Å². The molecule has 1 saturated heterocycles. The molecule has 29 heavy (non-hydrogen) atoms. The Morgan fingerprint density at radius 3 is 2.41 bits per heavy atom. The SMILES string of the molecule is COC(=O)[C@@H]1C=C[C@H](NC(=O)C2(C(=O)Nc3cc(Cl)cc(Cl)c3)CCCN2C)C1. The van der Waals surface area contributed by atoms with Crippen LogP contribution in [0.2, 0.25) is 10.0 Å². The minimum absolute atomic E-state index is 0.342. The lowest BCUT2D eigenvalue weighted by atomic mass is 9.93. The second-order valence-electron chi connectivity index (χ2n) is 7.33. The highest BCUT2D eigenvalue weighted by molar-refractivity contribution is 6.35. The molecule has 1 heterocycles. The van der Waals surface area contributed by atoms with Gasteiger partial charge in [0.2, 0.25) is 0 Å². The normalized spacial score (nSPS) is 26.3. The molecule has 0 bridgehead atoms. The van der Waals surface area contributed by atoms with Crippen LogP contribution in [0.1, 0.15) is 19.3 Å². The number of rotatable bonds is 5. The summed E-state index contributed by atoms with van der Waals surface area (Å²) in [4.78, 5) is 39.9. The van der Waals surface area contributed by atoms with Gasteiger partial charge in [-0.2, -0.15) is 0 Å². The molecule has 1 aromatic rings. The van der Waals surface area contributed by atoms with Gasteiger partial charge in [-0.25, -0.2) is 0 Å². The number of hydrogen-bond acceptors (Lipinski definition) is 5. The number of carbonyl (C=O) groups is 3. The molecule has 1 aliphatic heterocycles. The van der Waals surface area contributed by atoms with E-state index in [0.717, 1.165) is 0 Å². The van der Waals surface area contributed by atoms with Crippen LogP contribution in [0, 0.1) is 5.92 Å². The molecular weight excluding hydrogens is 417 g/mol. The highest BCUT2D eigenvalue weighted by atomic mass is 35.5. The van der Waals surface area contributed by atoms with Crippen LogP contribution in [-0.4, -0.2) is 55.0 Å². The summed E-state index contributed by atoms with van der Waals surface area (Å²) >= 11 is 12.0. The van der Waals surface area contributed by atoms with Gasteiger partial charge in [-0.15, -0.1) is 0 Å². The lowest BCUT2D eigenvalue weighted by Gasteiger charge is -2.34. The molecular formula is C20H23Cl2N3O4. The number of methoxy groups -OCH3 is 1. The maximum absolute atomic E-state index is 13.2. The molecule has 0 spiro atoms. The van der Waals surface area contributed by atoms with Gasteiger partial charge >= 0.3 is 5.97 Å². The van der Waals surface area contributed by atoms with Gasteiger partial charge in [0.05, 0.1) is 13.0 Å². The molecule has 1 fully saturated rings. The van der Waals surface area contributed by atoms with E-state index < -0.39 is 23.3 Å². The summed E-state index contributed by atoms with van der Waals surface area (Å²) in [7, 11) is 3.08. The Morgan fingerprint density at radius 1 is 1.14 bits per heavy atom. The Kier molecular flexibility index (Phi) is 6.51. The number of likely N-dealkylation sites (tertiary alicyclic amines) is 1. The standard InChI is InChI=1S/C20H23Cl2N3O4/c1-25-7-3-6-20(25,19(28)24-16-10-13(21)9-14(22)11-16)18(27)23-15-5-4-12(8-15)17(26)29-2/h4-5,9-12,15H,3,6-8H2,1-2H3,(H,23,27)(H,24,28)/t12-,15+,20?/m1/s1. The quantitative estimate of drug-likeness (QED) is 0.418. The Morgan fingerprint density at radius 2 is 1.83 bits per heavy atom. The van der Waals surface area contributed by atoms with Crippen molar-refractivity contribution in [2.45, 2.75) is 30.8 Å². The molecule has 1 aliphatic carbocycles. The van der Waals surface area contributed by atoms with E-state index in [1.807, 2.05) is 0 Å². The van der Waals surface area contributed by atoms with Crippen molar-refractivity contribution in [3.05, 3.63) is 40.4 Å². The fourth-order valence-electron chi connectivity index (χ4n) is 3.91. The van der Waals surface area contributed by atoms with Gasteiger partial charge in [0, 0.05) is 21.8 Å². The van der Waals surface area contributed by atoms with Crippen LogP contribution < -0.4 is 10.6 Å². The Bertz CT molecular complexity index is 840. The summed E-state index contributed by atoms with van der Waals surface area (Å²) in [5, 5.41) is 6.45. The van der Waals surface area contributed by atoms with Crippen molar-refractivity contribution in [1.29, 1.82) is 0 Å². The van der Waals surface area contributed by atoms with E-state index in [2.05, 4.69) is 10.6 Å². The summed E-state index contributed by atoms with van der Waals surface area (Å²) in [6.45, 7) is 0.614. The van der Waals surface area contributed by atoms with Crippen molar-refractivity contribution >= 4 is 46.7 Å². The van der Waals surface area contributed by atoms with Gasteiger partial charge in [-0.3, -0.25) is 19.3 Å². The first-order valence-corrected chi connectivity index (χ1v) is 10.1. The fraction of sp³-hybridized carbons (Fsp3) is 0.450. The number of nitrogens with one attached hydrogen (secondary N) is 2. The van der Waals surface area contributed by atoms with Gasteiger partial charge in [0.1, 0.15) is 0 Å². The van der Waals surface area contributed by atoms with Crippen LogP contribution in [0.4, 0.5) is 5.69 Å². The van der Waals surface area contributed by atoms with Gasteiger partial charge in [-0.1, -0.05) is 35.4 Å². The molecule has 0 radical (unpaired) electrons. The van der Waals surface area contributed by atoms with Crippen LogP contribution in [-0.2, 0) is 19.1 Å². The molecule has 3 atom stereocenters. The Hall–Kier alpha value is -2.09. The summed E-state index contributed by atoms with van der Waals surface area (Å²) in [5.74, 6) is -1.59. The first-order valence-electron chi connectivity index (χ1n) is 9.32. The predicted octanol–water partition coefficient (Wildman–Crippen LogP) is 2.63. The summed E-state index contributed by atoms with van der Waals surface area (Å²) in [5.41, 5.74) is -0.932. The third kappa shape index (κ3) is 4.42. The molecule has 7 nitrogen and oxygen atoms in total. The van der Waals surface area contributed by atoms with Gasteiger partial charge in [0.25, 0.3) is 11.8 Å². The molecule has 2 aliphatic rings. The summed E-state index contributed by atoms with van der Waals surface area (Å²) in [6.07, 6.45) is 4.97. The monoisotopic (exact) mass is 439 g/mol. The van der Waals surface area contributed by atoms with Crippen LogP contribution in [0.25, 0.3) is 0 Å². The molecule has 0 aromatic heterocycles. The smallest absolute Gasteiger partial charge is 0.312 e. The number of hydrogen-bond donors (Lipinski definition) is 2. The number of nitrogens with zero attached hydrogens (tertiary/aromatic N) is 1. The van der Waals surface area contributed by atoms with E-state index in [1.165, 1.54) is 7.11 Å². The Labute approximate surface area is 179 Å². The van der Waals surface area contributed by atoms with Crippen LogP contribution in [0.3, 0.4) is 0 Å². The highest BCUT2D eigenvalue weighted by Crippen LogP contribution is 2.32. The van der Waals surface area contributed by atoms with Crippen molar-refractivity contribution < 1.29 is 19.1 Å². The van der Waals surface area contributed by atoms with Crippen LogP contribution in [0.5, 0.6) is 0 Å². The molecule has 3 rings (SSSR count). The van der Waals surface area contributed by atoms with Crippen molar-refractivity contribution in [2.24, 2.45) is 5.92 Å². The maximum atomic E-state index is 13.2. The molecule has 0 saturated carbocycles. The number of likely N-dealkylation sites (N-methyl/N-ethyl adjacent to an activating group) is 1. The predicted molar refractivity (Wildman–Crippen MR) is 111 cm³/mol. The average Bonchev–Trinajstić information content (AvgIpc) is 3.27. The molecule has 1 unspecified atom stereocenters. The zero-order valence-electron chi connectivity index (χ0n) is 16.2. The fourth-order valence-corrected chi connectivity index (χ4v) is 4.44. The number of amides is 2. The third-order valence-electron chi connectivity index (χ3n) is 5.46. The van der Waals surface area contributed by atoms with Crippen molar-refractivity contribution in [3.63, 3.8) is 0 Å². The third-order valence-corrected chi connectivity index (χ3v) is 5.90. The van der Waals surface area contributed by atoms with Crippen molar-refractivity contribution in [2.75, 3.05) is 26.0 Å². The first kappa shape index (κ1) is 21.6. The topological polar surface area (TPSA) is 87.7 Å². The lowest BCUT2D eigenvalue weighted by molar-refractivity contribution is -0.145. The largest absolute Gasteiger partial charge is 0.469 e. The van der Waals surface area contributed by atoms with Crippen molar-refractivity contribution in [1.82, 2.24) is 10.2 Å². The van der Waals surface area contributed by atoms with Gasteiger partial charge < -0.3 is 15.4 Å². The highest BCUT2D eigenvalue weighted by Gasteiger charge is 2.52. The van der Waals surface area contributed by atoms with E-state index in [-0.39, 0.29) is 12.0 Å². The number of anilines is 1. The maximum Gasteiger partial charge on any atom is 0.312 e. The van der Waals surface area contributed by atoms with Crippen molar-refractivity contribution in [3.8, 4) is 0 Å². The minimum atomic E-state index is -1.36. The van der Waals surface area contributed by atoms with Crippen LogP contribution >= 0.6 is 23.2 Å². The second kappa shape index (κ2) is 8.73. The van der Waals surface area contributed by atoms with Gasteiger partial charge in [-0.05, 0) is 51.1 Å². The lowest BCUT2D eigenvalue weighted by Crippen LogP contribution is -2.62. The second-order valence-corrected chi connectivity index (χ2v) is 8.20.